The number of nitrogens with two attached hydrogens (primary N) is 1. The number of rotatable bonds is 3. The number of anilines is 2. The van der Waals surface area contributed by atoms with Gasteiger partial charge in [-0.15, -0.1) is 0 Å². The quantitative estimate of drug-likeness (QED) is 0.850. The number of hydrogen-bond acceptors (Lipinski definition) is 4. The molecule has 5 nitrogen and oxygen atoms in total. The summed E-state index contributed by atoms with van der Waals surface area (Å²) in [6, 6.07) is 0.489. The Kier molecular flexibility index (Phi) is 3.80. The number of hydrogen-bond donors (Lipinski definition) is 2. The van der Waals surface area contributed by atoms with E-state index in [1.807, 2.05) is 11.7 Å². The lowest BCUT2D eigenvalue weighted by Crippen LogP contribution is -2.43. The number of piperidine rings is 1. The predicted octanol–water partition coefficient (Wildman–Crippen LogP) is 1.32. The van der Waals surface area contributed by atoms with Crippen molar-refractivity contribution in [1.29, 1.82) is 0 Å². The van der Waals surface area contributed by atoms with E-state index in [0.717, 1.165) is 43.1 Å². The molecule has 2 unspecified atom stereocenters. The first-order valence-corrected chi connectivity index (χ1v) is 6.79. The zero-order chi connectivity index (χ0) is 13.3. The third-order valence-electron chi connectivity index (χ3n) is 3.93. The lowest BCUT2D eigenvalue weighted by molar-refractivity contribution is 0.206. The molecule has 1 aliphatic heterocycles. The van der Waals surface area contributed by atoms with Crippen molar-refractivity contribution in [2.45, 2.75) is 32.7 Å². The fourth-order valence-corrected chi connectivity index (χ4v) is 2.77. The van der Waals surface area contributed by atoms with Crippen LogP contribution in [0.1, 0.15) is 26.0 Å². The smallest absolute Gasteiger partial charge is 0.148 e. The zero-order valence-electron chi connectivity index (χ0n) is 11.9. The molecule has 2 heterocycles. The number of nitrogens with zero attached hydrogens (tertiary/aromatic N) is 3. The molecule has 1 aliphatic rings. The molecule has 0 spiro atoms. The number of likely N-dealkylation sites (tertiary alicyclic amines) is 1. The molecule has 1 aromatic heterocycles. The van der Waals surface area contributed by atoms with E-state index in [1.54, 1.807) is 0 Å². The Bertz CT molecular complexity index is 412. The third kappa shape index (κ3) is 2.46. The summed E-state index contributed by atoms with van der Waals surface area (Å²) < 4.78 is 1.87. The van der Waals surface area contributed by atoms with Gasteiger partial charge in [0.2, 0.25) is 0 Å². The van der Waals surface area contributed by atoms with Crippen molar-refractivity contribution in [3.05, 3.63) is 5.69 Å². The fourth-order valence-electron chi connectivity index (χ4n) is 2.77. The molecule has 0 aliphatic carbocycles. The van der Waals surface area contributed by atoms with Crippen LogP contribution in [0.3, 0.4) is 0 Å². The molecule has 0 radical (unpaired) electrons. The second-order valence-electron chi connectivity index (χ2n) is 5.47. The molecule has 1 saturated heterocycles. The van der Waals surface area contributed by atoms with E-state index in [-0.39, 0.29) is 0 Å². The Morgan fingerprint density at radius 2 is 2.17 bits per heavy atom. The Balaban J connectivity index is 2.12. The van der Waals surface area contributed by atoms with Crippen molar-refractivity contribution in [3.8, 4) is 0 Å². The maximum atomic E-state index is 6.15. The van der Waals surface area contributed by atoms with Crippen molar-refractivity contribution in [1.82, 2.24) is 14.7 Å². The van der Waals surface area contributed by atoms with Crippen molar-refractivity contribution in [2.75, 3.05) is 31.2 Å². The molecule has 0 aromatic carbocycles. The third-order valence-corrected chi connectivity index (χ3v) is 3.93. The SMILES string of the molecule is CCc1nn(C)c(NC2CCN(C)CC2C)c1N. The predicted molar refractivity (Wildman–Crippen MR) is 75.7 cm³/mol. The van der Waals surface area contributed by atoms with Gasteiger partial charge < -0.3 is 16.0 Å². The number of aryl methyl sites for hydroxylation is 2. The Morgan fingerprint density at radius 3 is 2.72 bits per heavy atom. The topological polar surface area (TPSA) is 59.1 Å². The number of aromatic nitrogens is 2. The second kappa shape index (κ2) is 5.18. The normalized spacial score (nSPS) is 25.3. The van der Waals surface area contributed by atoms with E-state index in [0.29, 0.717) is 12.0 Å². The summed E-state index contributed by atoms with van der Waals surface area (Å²) in [6.45, 7) is 6.65. The molecular formula is C13H25N5. The zero-order valence-corrected chi connectivity index (χ0v) is 11.9. The maximum Gasteiger partial charge on any atom is 0.148 e. The minimum atomic E-state index is 0.489. The standard InChI is InChI=1S/C13H25N5/c1-5-10-12(14)13(18(4)16-10)15-11-6-7-17(3)8-9(11)2/h9,11,15H,5-8,14H2,1-4H3. The molecule has 102 valence electrons. The summed E-state index contributed by atoms with van der Waals surface area (Å²) >= 11 is 0. The summed E-state index contributed by atoms with van der Waals surface area (Å²) in [6.07, 6.45) is 2.04. The molecule has 0 amide bonds. The summed E-state index contributed by atoms with van der Waals surface area (Å²) in [7, 11) is 4.14. The first-order valence-electron chi connectivity index (χ1n) is 6.79. The highest BCUT2D eigenvalue weighted by Gasteiger charge is 2.25. The van der Waals surface area contributed by atoms with E-state index < -0.39 is 0 Å². The first-order chi connectivity index (χ1) is 8.52. The van der Waals surface area contributed by atoms with Gasteiger partial charge in [-0.3, -0.25) is 4.68 Å². The largest absolute Gasteiger partial charge is 0.394 e. The van der Waals surface area contributed by atoms with Crippen LogP contribution in [-0.4, -0.2) is 40.9 Å². The van der Waals surface area contributed by atoms with E-state index >= 15 is 0 Å². The van der Waals surface area contributed by atoms with E-state index in [1.165, 1.54) is 0 Å². The van der Waals surface area contributed by atoms with Gasteiger partial charge in [0.1, 0.15) is 5.82 Å². The molecule has 2 rings (SSSR count). The lowest BCUT2D eigenvalue weighted by Gasteiger charge is -2.35. The van der Waals surface area contributed by atoms with Gasteiger partial charge in [-0.25, -0.2) is 0 Å². The van der Waals surface area contributed by atoms with Gasteiger partial charge in [-0.05, 0) is 32.4 Å². The average molecular weight is 251 g/mol. The van der Waals surface area contributed by atoms with Gasteiger partial charge in [0.15, 0.2) is 0 Å². The monoisotopic (exact) mass is 251 g/mol. The van der Waals surface area contributed by atoms with Gasteiger partial charge in [-0.2, -0.15) is 5.10 Å². The van der Waals surface area contributed by atoms with Crippen LogP contribution in [-0.2, 0) is 13.5 Å². The van der Waals surface area contributed by atoms with Crippen LogP contribution in [0.15, 0.2) is 0 Å². The van der Waals surface area contributed by atoms with E-state index in [9.17, 15) is 0 Å². The number of nitrogens with one attached hydrogen (secondary N) is 1. The Labute approximate surface area is 109 Å². The Morgan fingerprint density at radius 1 is 1.44 bits per heavy atom. The van der Waals surface area contributed by atoms with Crippen molar-refractivity contribution in [2.24, 2.45) is 13.0 Å². The fraction of sp³-hybridized carbons (Fsp3) is 0.769. The highest BCUT2D eigenvalue weighted by Crippen LogP contribution is 2.26. The van der Waals surface area contributed by atoms with Crippen LogP contribution in [0.5, 0.6) is 0 Å². The van der Waals surface area contributed by atoms with Crippen molar-refractivity contribution in [3.63, 3.8) is 0 Å². The minimum Gasteiger partial charge on any atom is -0.394 e. The van der Waals surface area contributed by atoms with Crippen LogP contribution in [0.25, 0.3) is 0 Å². The Hall–Kier alpha value is -1.23. The molecule has 0 bridgehead atoms. The molecule has 3 N–H and O–H groups in total. The second-order valence-corrected chi connectivity index (χ2v) is 5.47. The number of nitrogen functional groups attached to an aromatic ring is 1. The van der Waals surface area contributed by atoms with Gasteiger partial charge in [0, 0.05) is 19.6 Å². The van der Waals surface area contributed by atoms with Crippen LogP contribution >= 0.6 is 0 Å². The van der Waals surface area contributed by atoms with Gasteiger partial charge in [0.25, 0.3) is 0 Å². The molecule has 18 heavy (non-hydrogen) atoms. The van der Waals surface area contributed by atoms with Gasteiger partial charge in [-0.1, -0.05) is 13.8 Å². The van der Waals surface area contributed by atoms with E-state index in [2.05, 4.69) is 36.2 Å². The van der Waals surface area contributed by atoms with Crippen molar-refractivity contribution < 1.29 is 0 Å². The molecular weight excluding hydrogens is 226 g/mol. The van der Waals surface area contributed by atoms with Crippen LogP contribution in [0.4, 0.5) is 11.5 Å². The van der Waals surface area contributed by atoms with Crippen LogP contribution in [0, 0.1) is 5.92 Å². The highest BCUT2D eigenvalue weighted by atomic mass is 15.3. The maximum absolute atomic E-state index is 6.15. The summed E-state index contributed by atoms with van der Waals surface area (Å²) in [5, 5.41) is 8.04. The van der Waals surface area contributed by atoms with Crippen LogP contribution < -0.4 is 11.1 Å². The molecule has 1 fully saturated rings. The summed E-state index contributed by atoms with van der Waals surface area (Å²) in [5.41, 5.74) is 7.95. The van der Waals surface area contributed by atoms with Gasteiger partial charge in [0.05, 0.1) is 11.4 Å². The summed E-state index contributed by atoms with van der Waals surface area (Å²) in [4.78, 5) is 2.38. The molecule has 1 aromatic rings. The lowest BCUT2D eigenvalue weighted by atomic mass is 9.94. The van der Waals surface area contributed by atoms with Crippen LogP contribution in [0.2, 0.25) is 0 Å². The van der Waals surface area contributed by atoms with Gasteiger partial charge >= 0.3 is 0 Å². The minimum absolute atomic E-state index is 0.489. The summed E-state index contributed by atoms with van der Waals surface area (Å²) in [5.74, 6) is 1.61. The van der Waals surface area contributed by atoms with E-state index in [4.69, 9.17) is 5.73 Å². The molecule has 0 saturated carbocycles. The molecule has 2 atom stereocenters. The average Bonchev–Trinajstić information content (AvgIpc) is 2.59. The molecule has 5 heteroatoms. The van der Waals surface area contributed by atoms with Crippen molar-refractivity contribution >= 4 is 11.5 Å². The first kappa shape index (κ1) is 13.2. The highest BCUT2D eigenvalue weighted by molar-refractivity contribution is 5.65.